The molecule has 0 aliphatic heterocycles. The predicted molar refractivity (Wildman–Crippen MR) is 198 cm³/mol. The summed E-state index contributed by atoms with van der Waals surface area (Å²) in [5.41, 5.74) is -4.86. The number of aromatic nitrogens is 2. The lowest BCUT2D eigenvalue weighted by Gasteiger charge is -2.10. The summed E-state index contributed by atoms with van der Waals surface area (Å²) < 4.78 is 227. The first kappa shape index (κ1) is 11.3. The number of nitrogens with zero attached hydrogens (tertiary/aromatic N) is 2. The molecule has 7 aromatic carbocycles. The molecule has 216 valence electrons. The van der Waals surface area contributed by atoms with Crippen LogP contribution in [-0.2, 0) is 0 Å². The Kier molecular flexibility index (Phi) is 2.38. The predicted octanol–water partition coefficient (Wildman–Crippen LogP) is 12.2. The molecule has 0 spiro atoms. The van der Waals surface area contributed by atoms with E-state index in [-0.39, 0.29) is 37.8 Å². The molecule has 3 aromatic heterocycles. The van der Waals surface area contributed by atoms with Crippen LogP contribution in [0.4, 0.5) is 0 Å². The van der Waals surface area contributed by atoms with Gasteiger partial charge in [-0.1, -0.05) is 78.6 Å². The maximum absolute atomic E-state index is 9.83. The summed E-state index contributed by atoms with van der Waals surface area (Å²) in [6.45, 7) is 1.46. The maximum atomic E-state index is 9.83. The third-order valence-electron chi connectivity index (χ3n) is 7.62. The molecule has 0 aliphatic rings. The van der Waals surface area contributed by atoms with Gasteiger partial charge in [0.2, 0.25) is 0 Å². The summed E-state index contributed by atoms with van der Waals surface area (Å²) >= 11 is 0.839. The number of hydrogen-bond acceptors (Lipinski definition) is 1. The van der Waals surface area contributed by atoms with Crippen molar-refractivity contribution in [3.63, 3.8) is 0 Å². The van der Waals surface area contributed by atoms with E-state index in [0.29, 0.717) is 0 Å². The van der Waals surface area contributed by atoms with E-state index >= 15 is 0 Å². The molecule has 0 bridgehead atoms. The number of fused-ring (bicyclic) bond motifs is 9. The quantitative estimate of drug-likeness (QED) is 0.184. The van der Waals surface area contributed by atoms with Gasteiger partial charge in [0.15, 0.2) is 0 Å². The molecule has 0 N–H and O–H groups in total. The number of para-hydroxylation sites is 3. The smallest absolute Gasteiger partial charge is 0.0652 e. The SMILES string of the molecule is [2H]c1c([2H])c([2H])c(-n2c3c([2H])c([2H])c([2H])c([2H])c3c3c([2H])c(-c4c([2H])c([2H])c5c(c4[2H])c4c([2H])c([2H])c([2H])c([2H])c4n5-c4c([2H])c([2H])c5sc6c([2H])c(C)c([2H])c([2H])c6c5c4[2H])c([2H])c([2H])c32)c([2H])c1[2H]. The number of benzene rings is 7. The van der Waals surface area contributed by atoms with Crippen molar-refractivity contribution in [2.45, 2.75) is 6.92 Å². The summed E-state index contributed by atoms with van der Waals surface area (Å²) in [7, 11) is 0. The van der Waals surface area contributed by atoms with Crippen molar-refractivity contribution in [3.8, 4) is 22.5 Å². The topological polar surface area (TPSA) is 9.86 Å². The van der Waals surface area contributed by atoms with Gasteiger partial charge in [0, 0.05) is 53.1 Å². The first-order valence-corrected chi connectivity index (χ1v) is 14.6. The third kappa shape index (κ3) is 3.70. The Morgan fingerprint density at radius 2 is 1.00 bits per heavy atom. The van der Waals surface area contributed by atoms with Crippen LogP contribution in [0, 0.1) is 6.92 Å². The molecule has 0 amide bonds. The van der Waals surface area contributed by atoms with Crippen LogP contribution in [-0.4, -0.2) is 9.13 Å². The Balaban J connectivity index is 1.42. The van der Waals surface area contributed by atoms with Crippen molar-refractivity contribution >= 4 is 75.1 Å². The summed E-state index contributed by atoms with van der Waals surface area (Å²) in [4.78, 5) is 0. The number of hydrogen-bond donors (Lipinski definition) is 0. The molecule has 0 unspecified atom stereocenters. The van der Waals surface area contributed by atoms with Gasteiger partial charge < -0.3 is 9.13 Å². The van der Waals surface area contributed by atoms with Crippen molar-refractivity contribution in [2.24, 2.45) is 0 Å². The van der Waals surface area contributed by atoms with E-state index < -0.39 is 205 Å². The maximum Gasteiger partial charge on any atom is 0.0652 e. The lowest BCUT2D eigenvalue weighted by atomic mass is 10.0. The molecule has 0 aliphatic carbocycles. The molecule has 0 radical (unpaired) electrons. The minimum absolute atomic E-state index is 0.0190. The molecule has 10 rings (SSSR count). The minimum atomic E-state index is -0.972. The number of rotatable bonds is 3. The normalized spacial score (nSPS) is 19.6. The van der Waals surface area contributed by atoms with E-state index in [1.165, 1.54) is 6.92 Å². The van der Waals surface area contributed by atoms with E-state index in [4.69, 9.17) is 21.9 Å². The van der Waals surface area contributed by atoms with E-state index in [9.17, 15) is 12.3 Å². The zero-order chi connectivity index (χ0) is 52.1. The van der Waals surface area contributed by atoms with Crippen LogP contribution in [0.3, 0.4) is 0 Å². The van der Waals surface area contributed by atoms with Crippen LogP contribution in [0.15, 0.2) is 151 Å². The highest BCUT2D eigenvalue weighted by molar-refractivity contribution is 7.25. The van der Waals surface area contributed by atoms with Gasteiger partial charge in [-0.15, -0.1) is 11.3 Å². The average Bonchev–Trinajstić information content (AvgIpc) is 4.03. The molecular weight excluding hydrogens is 577 g/mol. The molecule has 0 atom stereocenters. The first-order chi connectivity index (χ1) is 33.2. The van der Waals surface area contributed by atoms with Crippen LogP contribution < -0.4 is 0 Å². The van der Waals surface area contributed by atoms with Crippen molar-refractivity contribution in [2.75, 3.05) is 0 Å². The fourth-order valence-electron chi connectivity index (χ4n) is 5.66. The third-order valence-corrected chi connectivity index (χ3v) is 8.64. The highest BCUT2D eigenvalue weighted by Gasteiger charge is 2.16. The van der Waals surface area contributed by atoms with Gasteiger partial charge >= 0.3 is 0 Å². The molecule has 0 saturated carbocycles. The van der Waals surface area contributed by atoms with Crippen molar-refractivity contribution < 1.29 is 34.3 Å². The Morgan fingerprint density at radius 3 is 1.67 bits per heavy atom. The van der Waals surface area contributed by atoms with Crippen LogP contribution >= 0.6 is 11.3 Å². The zero-order valence-corrected chi connectivity index (χ0v) is 24.1. The second kappa shape index (κ2) is 9.68. The van der Waals surface area contributed by atoms with E-state index in [2.05, 4.69) is 0 Å². The molecule has 3 heterocycles. The van der Waals surface area contributed by atoms with Gasteiger partial charge in [0.1, 0.15) is 0 Å². The highest BCUT2D eigenvalue weighted by Crippen LogP contribution is 2.40. The summed E-state index contributed by atoms with van der Waals surface area (Å²) in [6.07, 6.45) is 0. The van der Waals surface area contributed by atoms with Gasteiger partial charge in [-0.3, -0.25) is 0 Å². The second-order valence-corrected chi connectivity index (χ2v) is 11.3. The fourth-order valence-corrected chi connectivity index (χ4v) is 6.68. The van der Waals surface area contributed by atoms with Crippen LogP contribution in [0.1, 0.15) is 39.8 Å². The van der Waals surface area contributed by atoms with E-state index in [1.54, 1.807) is 0 Å². The Hall–Kier alpha value is -5.64. The second-order valence-electron chi connectivity index (χ2n) is 10.3. The highest BCUT2D eigenvalue weighted by atomic mass is 32.1. The van der Waals surface area contributed by atoms with E-state index in [0.717, 1.165) is 20.5 Å². The molecule has 10 aromatic rings. The summed E-state index contributed by atoms with van der Waals surface area (Å²) in [5.74, 6) is 0. The van der Waals surface area contributed by atoms with Gasteiger partial charge in [-0.05, 0) is 96.1 Å². The number of thiophene rings is 1. The molecular formula is C43H28N2S. The average molecular weight is 630 g/mol. The lowest BCUT2D eigenvalue weighted by molar-refractivity contribution is 1.18. The Morgan fingerprint density at radius 1 is 0.413 bits per heavy atom. The molecule has 0 fully saturated rings. The van der Waals surface area contributed by atoms with Crippen LogP contribution in [0.5, 0.6) is 0 Å². The fraction of sp³-hybridized carbons (Fsp3) is 0.0233. The first-order valence-electron chi connectivity index (χ1n) is 26.2. The molecule has 0 saturated heterocycles. The molecule has 3 heteroatoms. The van der Waals surface area contributed by atoms with Crippen molar-refractivity contribution in [3.05, 3.63) is 157 Å². The monoisotopic (exact) mass is 629 g/mol. The summed E-state index contributed by atoms with van der Waals surface area (Å²) in [5, 5.41) is -2.31. The van der Waals surface area contributed by atoms with Crippen LogP contribution in [0.25, 0.3) is 86.3 Å². The van der Waals surface area contributed by atoms with Gasteiger partial charge in [0.25, 0.3) is 0 Å². The minimum Gasteiger partial charge on any atom is -0.309 e. The van der Waals surface area contributed by atoms with Gasteiger partial charge in [-0.25, -0.2) is 0 Å². The molecule has 46 heavy (non-hydrogen) atoms. The summed E-state index contributed by atoms with van der Waals surface area (Å²) in [6, 6.07) is -19.2. The Bertz CT molecular complexity index is 4210. The van der Waals surface area contributed by atoms with Gasteiger partial charge in [-0.2, -0.15) is 0 Å². The Labute approximate surface area is 305 Å². The van der Waals surface area contributed by atoms with E-state index in [1.807, 2.05) is 0 Å². The standard InChI is InChI=1S/C43H28N2S/c1-27-15-19-34-37-26-31(18-22-42(37)46-43(34)23-27)45-39-14-8-6-12-33(39)36-25-29(17-21-41(36)45)28-16-20-40-35(24-28)32-11-5-7-13-38(32)44(40)30-9-3-2-4-10-30/h2-26H,1H3/i2D,3D,4D,5D,6D,7D,8D,9D,10D,11D,12D,13D,14D,15D,16D,17D,18D,19D,20D,21D,22D,23D,24D,25D,26D. The van der Waals surface area contributed by atoms with Gasteiger partial charge in [0.05, 0.1) is 56.3 Å². The van der Waals surface area contributed by atoms with Crippen molar-refractivity contribution in [1.29, 1.82) is 0 Å². The van der Waals surface area contributed by atoms with Crippen LogP contribution in [0.2, 0.25) is 0 Å². The van der Waals surface area contributed by atoms with Crippen molar-refractivity contribution in [1.82, 2.24) is 9.13 Å². The molecule has 2 nitrogen and oxygen atoms in total. The zero-order valence-electron chi connectivity index (χ0n) is 48.3. The lowest BCUT2D eigenvalue weighted by Crippen LogP contribution is -1.93. The largest absolute Gasteiger partial charge is 0.309 e.